The molecule has 1 aliphatic heterocycles. The summed E-state index contributed by atoms with van der Waals surface area (Å²) in [7, 11) is 0. The third-order valence-corrected chi connectivity index (χ3v) is 1.91. The summed E-state index contributed by atoms with van der Waals surface area (Å²) in [6, 6.07) is 0. The van der Waals surface area contributed by atoms with Gasteiger partial charge in [0.15, 0.2) is 11.6 Å². The van der Waals surface area contributed by atoms with Gasteiger partial charge < -0.3 is 9.47 Å². The maximum absolute atomic E-state index is 11.1. The van der Waals surface area contributed by atoms with Crippen LogP contribution in [0.25, 0.3) is 0 Å². The molecular weight excluding hydrogens is 156 g/mol. The summed E-state index contributed by atoms with van der Waals surface area (Å²) in [6.07, 6.45) is 0.477. The molecule has 0 amide bonds. The van der Waals surface area contributed by atoms with E-state index in [1.807, 2.05) is 20.8 Å². The van der Waals surface area contributed by atoms with Gasteiger partial charge in [0.25, 0.3) is 0 Å². The van der Waals surface area contributed by atoms with Crippen LogP contribution in [-0.2, 0) is 14.3 Å². The van der Waals surface area contributed by atoms with E-state index < -0.39 is 5.79 Å². The minimum absolute atomic E-state index is 0.0817. The number of ketones is 1. The zero-order valence-corrected chi connectivity index (χ0v) is 8.09. The smallest absolute Gasteiger partial charge is 0.164 e. The van der Waals surface area contributed by atoms with Gasteiger partial charge in [-0.15, -0.1) is 0 Å². The molecule has 0 N–H and O–H groups in total. The van der Waals surface area contributed by atoms with Gasteiger partial charge in [-0.2, -0.15) is 0 Å². The number of carbonyl (C=O) groups excluding carboxylic acids is 1. The molecule has 0 aromatic heterocycles. The number of rotatable bonds is 1. The van der Waals surface area contributed by atoms with Gasteiger partial charge in [-0.25, -0.2) is 0 Å². The van der Waals surface area contributed by atoms with Gasteiger partial charge in [0, 0.05) is 6.42 Å². The number of hydrogen-bond acceptors (Lipinski definition) is 3. The fourth-order valence-corrected chi connectivity index (χ4v) is 1.50. The lowest BCUT2D eigenvalue weighted by atomic mass is 10.1. The van der Waals surface area contributed by atoms with E-state index in [1.165, 1.54) is 0 Å². The molecule has 1 rings (SSSR count). The van der Waals surface area contributed by atoms with E-state index in [0.717, 1.165) is 0 Å². The van der Waals surface area contributed by atoms with Crippen molar-refractivity contribution in [1.82, 2.24) is 0 Å². The SMILES string of the molecule is CC(=O)[C@@H]1C[C@@H](C)OC(C)(C)O1. The molecule has 3 nitrogen and oxygen atoms in total. The van der Waals surface area contributed by atoms with Crippen molar-refractivity contribution in [2.24, 2.45) is 0 Å². The Morgan fingerprint density at radius 2 is 2.00 bits per heavy atom. The zero-order chi connectivity index (χ0) is 9.35. The van der Waals surface area contributed by atoms with Gasteiger partial charge in [-0.3, -0.25) is 4.79 Å². The number of carbonyl (C=O) groups is 1. The van der Waals surface area contributed by atoms with Crippen LogP contribution in [-0.4, -0.2) is 23.8 Å². The Bertz CT molecular complexity index is 186. The van der Waals surface area contributed by atoms with Gasteiger partial charge in [0.2, 0.25) is 0 Å². The molecule has 3 heteroatoms. The first-order valence-electron chi connectivity index (χ1n) is 4.27. The van der Waals surface area contributed by atoms with Crippen molar-refractivity contribution < 1.29 is 14.3 Å². The highest BCUT2D eigenvalue weighted by Gasteiger charge is 2.35. The maximum Gasteiger partial charge on any atom is 0.164 e. The van der Waals surface area contributed by atoms with Crippen LogP contribution in [0.5, 0.6) is 0 Å². The Kier molecular flexibility index (Phi) is 2.54. The van der Waals surface area contributed by atoms with Crippen molar-refractivity contribution in [1.29, 1.82) is 0 Å². The zero-order valence-electron chi connectivity index (χ0n) is 8.09. The molecule has 12 heavy (non-hydrogen) atoms. The fourth-order valence-electron chi connectivity index (χ4n) is 1.50. The Hall–Kier alpha value is -0.410. The van der Waals surface area contributed by atoms with E-state index in [2.05, 4.69) is 0 Å². The quantitative estimate of drug-likeness (QED) is 0.601. The molecule has 70 valence electrons. The monoisotopic (exact) mass is 172 g/mol. The largest absolute Gasteiger partial charge is 0.347 e. The van der Waals surface area contributed by atoms with Crippen LogP contribution in [0, 0.1) is 0 Å². The van der Waals surface area contributed by atoms with Crippen molar-refractivity contribution in [3.05, 3.63) is 0 Å². The molecule has 0 saturated carbocycles. The van der Waals surface area contributed by atoms with Crippen LogP contribution < -0.4 is 0 Å². The van der Waals surface area contributed by atoms with Crippen molar-refractivity contribution in [2.75, 3.05) is 0 Å². The fraction of sp³-hybridized carbons (Fsp3) is 0.889. The summed E-state index contributed by atoms with van der Waals surface area (Å²) < 4.78 is 10.9. The Morgan fingerprint density at radius 1 is 1.42 bits per heavy atom. The lowest BCUT2D eigenvalue weighted by molar-refractivity contribution is -0.289. The summed E-state index contributed by atoms with van der Waals surface area (Å²) >= 11 is 0. The van der Waals surface area contributed by atoms with E-state index in [4.69, 9.17) is 9.47 Å². The topological polar surface area (TPSA) is 35.5 Å². The molecular formula is C9H16O3. The molecule has 0 aliphatic carbocycles. The van der Waals surface area contributed by atoms with Crippen LogP contribution in [0.1, 0.15) is 34.1 Å². The maximum atomic E-state index is 11.1. The van der Waals surface area contributed by atoms with Crippen LogP contribution in [0.15, 0.2) is 0 Å². The summed E-state index contributed by atoms with van der Waals surface area (Å²) in [5, 5.41) is 0. The third kappa shape index (κ3) is 2.29. The van der Waals surface area contributed by atoms with Crippen molar-refractivity contribution in [2.45, 2.75) is 52.1 Å². The normalized spacial score (nSPS) is 34.7. The highest BCUT2D eigenvalue weighted by atomic mass is 16.7. The molecule has 0 aromatic rings. The molecule has 1 aliphatic rings. The third-order valence-electron chi connectivity index (χ3n) is 1.91. The van der Waals surface area contributed by atoms with E-state index in [0.29, 0.717) is 6.42 Å². The molecule has 1 fully saturated rings. The average Bonchev–Trinajstić information content (AvgIpc) is 1.82. The number of Topliss-reactive ketones (excluding diaryl/α,β-unsaturated/α-hetero) is 1. The first-order chi connectivity index (χ1) is 5.41. The van der Waals surface area contributed by atoms with Crippen molar-refractivity contribution in [3.63, 3.8) is 0 Å². The summed E-state index contributed by atoms with van der Waals surface area (Å²) in [5.41, 5.74) is 0. The van der Waals surface area contributed by atoms with E-state index in [1.54, 1.807) is 6.92 Å². The standard InChI is InChI=1S/C9H16O3/c1-6-5-8(7(2)10)12-9(3,4)11-6/h6,8H,5H2,1-4H3/t6-,8+/m1/s1. The predicted octanol–water partition coefficient (Wildman–Crippen LogP) is 1.51. The second-order valence-corrected chi connectivity index (χ2v) is 3.78. The summed E-state index contributed by atoms with van der Waals surface area (Å²) in [5.74, 6) is -0.535. The number of hydrogen-bond donors (Lipinski definition) is 0. The Balaban J connectivity index is 2.64. The average molecular weight is 172 g/mol. The van der Waals surface area contributed by atoms with Crippen LogP contribution in [0.2, 0.25) is 0 Å². The minimum Gasteiger partial charge on any atom is -0.347 e. The van der Waals surface area contributed by atoms with E-state index >= 15 is 0 Å². The Morgan fingerprint density at radius 3 is 2.42 bits per heavy atom. The molecule has 1 saturated heterocycles. The van der Waals surface area contributed by atoms with E-state index in [9.17, 15) is 4.79 Å². The molecule has 0 bridgehead atoms. The second-order valence-electron chi connectivity index (χ2n) is 3.78. The highest BCUT2D eigenvalue weighted by Crippen LogP contribution is 2.26. The first-order valence-corrected chi connectivity index (χ1v) is 4.27. The van der Waals surface area contributed by atoms with Gasteiger partial charge >= 0.3 is 0 Å². The lowest BCUT2D eigenvalue weighted by Gasteiger charge is -2.38. The number of ether oxygens (including phenoxy) is 2. The van der Waals surface area contributed by atoms with Crippen molar-refractivity contribution >= 4 is 5.78 Å². The van der Waals surface area contributed by atoms with Crippen LogP contribution in [0.4, 0.5) is 0 Å². The molecule has 0 radical (unpaired) electrons. The van der Waals surface area contributed by atoms with Gasteiger partial charge in [-0.1, -0.05) is 0 Å². The lowest BCUT2D eigenvalue weighted by Crippen LogP contribution is -2.46. The van der Waals surface area contributed by atoms with Gasteiger partial charge in [0.1, 0.15) is 6.10 Å². The summed E-state index contributed by atoms with van der Waals surface area (Å²) in [6.45, 7) is 7.18. The second kappa shape index (κ2) is 3.15. The van der Waals surface area contributed by atoms with Crippen LogP contribution in [0.3, 0.4) is 0 Å². The Labute approximate surface area is 73.0 Å². The molecule has 1 heterocycles. The van der Waals surface area contributed by atoms with Crippen LogP contribution >= 0.6 is 0 Å². The van der Waals surface area contributed by atoms with Gasteiger partial charge in [-0.05, 0) is 27.7 Å². The van der Waals surface area contributed by atoms with Gasteiger partial charge in [0.05, 0.1) is 6.10 Å². The van der Waals surface area contributed by atoms with E-state index in [-0.39, 0.29) is 18.0 Å². The minimum atomic E-state index is -0.617. The molecule has 2 atom stereocenters. The van der Waals surface area contributed by atoms with Crippen molar-refractivity contribution in [3.8, 4) is 0 Å². The molecule has 0 aromatic carbocycles. The highest BCUT2D eigenvalue weighted by molar-refractivity contribution is 5.80. The molecule has 0 spiro atoms. The molecule has 0 unspecified atom stereocenters. The predicted molar refractivity (Wildman–Crippen MR) is 44.8 cm³/mol. The summed E-state index contributed by atoms with van der Waals surface area (Å²) in [4.78, 5) is 11.1. The first kappa shape index (κ1) is 9.68.